The van der Waals surface area contributed by atoms with Crippen molar-refractivity contribution in [3.05, 3.63) is 17.4 Å². The van der Waals surface area contributed by atoms with Crippen LogP contribution in [0.4, 0.5) is 5.88 Å². The maximum absolute atomic E-state index is 11.9. The highest BCUT2D eigenvalue weighted by molar-refractivity contribution is 6.29. The van der Waals surface area contributed by atoms with Crippen molar-refractivity contribution in [3.8, 4) is 0 Å². The van der Waals surface area contributed by atoms with Gasteiger partial charge in [0.15, 0.2) is 5.22 Å². The molecule has 1 atom stereocenters. The van der Waals surface area contributed by atoms with Gasteiger partial charge in [-0.2, -0.15) is 0 Å². The van der Waals surface area contributed by atoms with Gasteiger partial charge in [-0.1, -0.05) is 6.92 Å². The van der Waals surface area contributed by atoms with Gasteiger partial charge in [0.05, 0.1) is 0 Å². The van der Waals surface area contributed by atoms with Crippen LogP contribution in [0.5, 0.6) is 0 Å². The summed E-state index contributed by atoms with van der Waals surface area (Å²) < 4.78 is 5.24. The third-order valence-electron chi connectivity index (χ3n) is 2.48. The lowest BCUT2D eigenvalue weighted by Crippen LogP contribution is -2.35. The second kappa shape index (κ2) is 4.24. The fraction of sp³-hybridized carbons (Fsp3) is 0.500. The van der Waals surface area contributed by atoms with Gasteiger partial charge in [-0.05, 0) is 17.7 Å². The lowest BCUT2D eigenvalue weighted by molar-refractivity contribution is -0.121. The summed E-state index contributed by atoms with van der Waals surface area (Å²) in [6, 6.07) is 3.37. The SMILES string of the molecule is CC1CNCCN(c2ccc(Cl)o2)C1=O. The first-order chi connectivity index (χ1) is 7.18. The number of nitrogens with zero attached hydrogens (tertiary/aromatic N) is 1. The molecule has 1 fully saturated rings. The van der Waals surface area contributed by atoms with Gasteiger partial charge >= 0.3 is 0 Å². The second-order valence-electron chi connectivity index (χ2n) is 3.67. The summed E-state index contributed by atoms with van der Waals surface area (Å²) in [7, 11) is 0. The number of carbonyl (C=O) groups excluding carboxylic acids is 1. The fourth-order valence-electron chi connectivity index (χ4n) is 1.64. The van der Waals surface area contributed by atoms with E-state index in [0.29, 0.717) is 24.2 Å². The molecule has 0 spiro atoms. The van der Waals surface area contributed by atoms with Crippen molar-refractivity contribution in [1.29, 1.82) is 0 Å². The number of hydrogen-bond donors (Lipinski definition) is 1. The number of furan rings is 1. The number of rotatable bonds is 1. The Kier molecular flexibility index (Phi) is 2.98. The van der Waals surface area contributed by atoms with E-state index in [1.54, 1.807) is 17.0 Å². The molecule has 0 radical (unpaired) electrons. The van der Waals surface area contributed by atoms with E-state index in [1.165, 1.54) is 0 Å². The van der Waals surface area contributed by atoms with Gasteiger partial charge in [0.25, 0.3) is 0 Å². The molecule has 0 bridgehead atoms. The summed E-state index contributed by atoms with van der Waals surface area (Å²) in [6.07, 6.45) is 0. The molecular weight excluding hydrogens is 216 g/mol. The van der Waals surface area contributed by atoms with Gasteiger partial charge in [-0.3, -0.25) is 9.69 Å². The van der Waals surface area contributed by atoms with Gasteiger partial charge in [0.1, 0.15) is 0 Å². The van der Waals surface area contributed by atoms with E-state index in [9.17, 15) is 4.79 Å². The molecule has 4 nitrogen and oxygen atoms in total. The van der Waals surface area contributed by atoms with Crippen LogP contribution in [0.2, 0.25) is 5.22 Å². The van der Waals surface area contributed by atoms with E-state index in [-0.39, 0.29) is 11.8 Å². The van der Waals surface area contributed by atoms with Crippen LogP contribution in [0.3, 0.4) is 0 Å². The maximum Gasteiger partial charge on any atom is 0.233 e. The molecule has 1 aliphatic heterocycles. The first-order valence-electron chi connectivity index (χ1n) is 4.96. The molecule has 1 amide bonds. The maximum atomic E-state index is 11.9. The molecule has 82 valence electrons. The third kappa shape index (κ3) is 2.16. The van der Waals surface area contributed by atoms with Gasteiger partial charge in [-0.15, -0.1) is 0 Å². The Morgan fingerprint density at radius 2 is 2.40 bits per heavy atom. The van der Waals surface area contributed by atoms with Crippen molar-refractivity contribution in [2.45, 2.75) is 6.92 Å². The van der Waals surface area contributed by atoms with E-state index in [4.69, 9.17) is 16.0 Å². The van der Waals surface area contributed by atoms with Crippen LogP contribution in [0.1, 0.15) is 6.92 Å². The van der Waals surface area contributed by atoms with Crippen molar-refractivity contribution in [2.24, 2.45) is 5.92 Å². The molecule has 2 rings (SSSR count). The van der Waals surface area contributed by atoms with E-state index in [0.717, 1.165) is 6.54 Å². The first kappa shape index (κ1) is 10.5. The minimum absolute atomic E-state index is 0.0311. The molecule has 1 saturated heterocycles. The minimum Gasteiger partial charge on any atom is -0.429 e. The van der Waals surface area contributed by atoms with Crippen molar-refractivity contribution in [2.75, 3.05) is 24.5 Å². The second-order valence-corrected chi connectivity index (χ2v) is 4.05. The largest absolute Gasteiger partial charge is 0.429 e. The van der Waals surface area contributed by atoms with Crippen LogP contribution in [-0.4, -0.2) is 25.5 Å². The van der Waals surface area contributed by atoms with Crippen molar-refractivity contribution in [1.82, 2.24) is 5.32 Å². The average Bonchev–Trinajstić information content (AvgIpc) is 2.56. The Hall–Kier alpha value is -1.00. The quantitative estimate of drug-likeness (QED) is 0.793. The van der Waals surface area contributed by atoms with E-state index in [1.807, 2.05) is 6.92 Å². The van der Waals surface area contributed by atoms with Crippen LogP contribution in [0.15, 0.2) is 16.5 Å². The van der Waals surface area contributed by atoms with Crippen molar-refractivity contribution >= 4 is 23.4 Å². The van der Waals surface area contributed by atoms with Crippen LogP contribution < -0.4 is 10.2 Å². The first-order valence-corrected chi connectivity index (χ1v) is 5.33. The molecule has 1 unspecified atom stereocenters. The van der Waals surface area contributed by atoms with Crippen LogP contribution in [0.25, 0.3) is 0 Å². The summed E-state index contributed by atoms with van der Waals surface area (Å²) in [6.45, 7) is 4.00. The molecule has 15 heavy (non-hydrogen) atoms. The molecule has 1 N–H and O–H groups in total. The smallest absolute Gasteiger partial charge is 0.233 e. The Labute approximate surface area is 93.2 Å². The van der Waals surface area contributed by atoms with Gasteiger partial charge < -0.3 is 9.73 Å². The average molecular weight is 229 g/mol. The van der Waals surface area contributed by atoms with Crippen LogP contribution in [-0.2, 0) is 4.79 Å². The molecule has 1 aromatic heterocycles. The molecule has 0 aliphatic carbocycles. The van der Waals surface area contributed by atoms with E-state index < -0.39 is 0 Å². The predicted molar refractivity (Wildman–Crippen MR) is 58.1 cm³/mol. The number of hydrogen-bond acceptors (Lipinski definition) is 3. The summed E-state index contributed by atoms with van der Waals surface area (Å²) in [5.74, 6) is 0.572. The predicted octanol–water partition coefficient (Wildman–Crippen LogP) is 1.51. The number of nitrogens with one attached hydrogen (secondary N) is 1. The monoisotopic (exact) mass is 228 g/mol. The fourth-order valence-corrected chi connectivity index (χ4v) is 1.78. The van der Waals surface area contributed by atoms with Gasteiger partial charge in [0.2, 0.25) is 11.8 Å². The lowest BCUT2D eigenvalue weighted by Gasteiger charge is -2.18. The van der Waals surface area contributed by atoms with Crippen molar-refractivity contribution in [3.63, 3.8) is 0 Å². The van der Waals surface area contributed by atoms with Gasteiger partial charge in [-0.25, -0.2) is 0 Å². The van der Waals surface area contributed by atoms with Gasteiger partial charge in [0, 0.05) is 31.6 Å². The summed E-state index contributed by atoms with van der Waals surface area (Å²) >= 11 is 5.68. The molecule has 5 heteroatoms. The number of carbonyl (C=O) groups is 1. The molecular formula is C10H13ClN2O2. The van der Waals surface area contributed by atoms with E-state index in [2.05, 4.69) is 5.32 Å². The summed E-state index contributed by atoms with van der Waals surface area (Å²) in [5.41, 5.74) is 0. The number of halogens is 1. The zero-order chi connectivity index (χ0) is 10.8. The molecule has 2 heterocycles. The van der Waals surface area contributed by atoms with Crippen LogP contribution >= 0.6 is 11.6 Å². The highest BCUT2D eigenvalue weighted by Gasteiger charge is 2.26. The van der Waals surface area contributed by atoms with E-state index >= 15 is 0 Å². The zero-order valence-corrected chi connectivity index (χ0v) is 9.25. The zero-order valence-electron chi connectivity index (χ0n) is 8.50. The topological polar surface area (TPSA) is 45.5 Å². The Balaban J connectivity index is 2.22. The molecule has 0 aromatic carbocycles. The Morgan fingerprint density at radius 3 is 3.07 bits per heavy atom. The Morgan fingerprint density at radius 1 is 1.60 bits per heavy atom. The molecule has 1 aromatic rings. The standard InChI is InChI=1S/C10H13ClN2O2/c1-7-6-12-4-5-13(10(7)14)9-3-2-8(11)15-9/h2-3,7,12H,4-6H2,1H3. The molecule has 1 aliphatic rings. The minimum atomic E-state index is -0.0311. The summed E-state index contributed by atoms with van der Waals surface area (Å²) in [5, 5.41) is 3.50. The highest BCUT2D eigenvalue weighted by Crippen LogP contribution is 2.23. The van der Waals surface area contributed by atoms with Crippen molar-refractivity contribution < 1.29 is 9.21 Å². The highest BCUT2D eigenvalue weighted by atomic mass is 35.5. The lowest BCUT2D eigenvalue weighted by atomic mass is 10.1. The number of amides is 1. The number of anilines is 1. The van der Waals surface area contributed by atoms with Crippen LogP contribution in [0, 0.1) is 5.92 Å². The normalized spacial score (nSPS) is 22.9. The molecule has 0 saturated carbocycles. The third-order valence-corrected chi connectivity index (χ3v) is 2.68. The summed E-state index contributed by atoms with van der Waals surface area (Å²) in [4.78, 5) is 13.6. The Bertz CT molecular complexity index is 364.